The summed E-state index contributed by atoms with van der Waals surface area (Å²) in [6, 6.07) is 0. The molecule has 0 aromatic heterocycles. The molecule has 0 aromatic rings. The SMILES string of the molecule is CO[C@]12CCC[C@H](CN1C)[C@H]2Cl. The van der Waals surface area contributed by atoms with Gasteiger partial charge in [0.05, 0.1) is 5.38 Å². The number of hydrogen-bond acceptors (Lipinski definition) is 2. The van der Waals surface area contributed by atoms with E-state index in [-0.39, 0.29) is 11.1 Å². The number of methoxy groups -OCH3 is 1. The van der Waals surface area contributed by atoms with Crippen LogP contribution < -0.4 is 0 Å². The second kappa shape index (κ2) is 2.86. The van der Waals surface area contributed by atoms with Gasteiger partial charge >= 0.3 is 0 Å². The number of rotatable bonds is 1. The zero-order valence-corrected chi connectivity index (χ0v) is 8.47. The molecular formula is C9H16ClNO. The van der Waals surface area contributed by atoms with Crippen LogP contribution in [0.1, 0.15) is 19.3 Å². The van der Waals surface area contributed by atoms with Crippen LogP contribution in [0.25, 0.3) is 0 Å². The summed E-state index contributed by atoms with van der Waals surface area (Å²) in [5, 5.41) is 0.196. The average Bonchev–Trinajstić information content (AvgIpc) is 2.23. The van der Waals surface area contributed by atoms with E-state index in [4.69, 9.17) is 16.3 Å². The lowest BCUT2D eigenvalue weighted by atomic mass is 9.87. The first-order valence-corrected chi connectivity index (χ1v) is 5.05. The highest BCUT2D eigenvalue weighted by Crippen LogP contribution is 2.46. The molecule has 3 heteroatoms. The van der Waals surface area contributed by atoms with E-state index in [0.717, 1.165) is 13.0 Å². The van der Waals surface area contributed by atoms with E-state index >= 15 is 0 Å². The van der Waals surface area contributed by atoms with Gasteiger partial charge in [0.25, 0.3) is 0 Å². The molecule has 2 bridgehead atoms. The Labute approximate surface area is 78.8 Å². The lowest BCUT2D eigenvalue weighted by Gasteiger charge is -2.39. The van der Waals surface area contributed by atoms with Gasteiger partial charge in [0, 0.05) is 13.7 Å². The first-order valence-electron chi connectivity index (χ1n) is 4.61. The minimum Gasteiger partial charge on any atom is -0.362 e. The molecule has 70 valence electrons. The monoisotopic (exact) mass is 189 g/mol. The van der Waals surface area contributed by atoms with Crippen LogP contribution in [0.15, 0.2) is 0 Å². The normalized spacial score (nSPS) is 48.2. The van der Waals surface area contributed by atoms with Gasteiger partial charge in [0.2, 0.25) is 0 Å². The molecule has 2 rings (SSSR count). The smallest absolute Gasteiger partial charge is 0.137 e. The molecule has 0 amide bonds. The molecule has 1 aliphatic heterocycles. The van der Waals surface area contributed by atoms with Crippen molar-refractivity contribution in [1.29, 1.82) is 0 Å². The van der Waals surface area contributed by atoms with E-state index in [0.29, 0.717) is 5.92 Å². The second-order valence-electron chi connectivity index (χ2n) is 3.98. The highest BCUT2D eigenvalue weighted by atomic mass is 35.5. The van der Waals surface area contributed by atoms with E-state index < -0.39 is 0 Å². The standard InChI is InChI=1S/C9H16ClNO/c1-11-6-7-4-3-5-9(11,12-2)8(7)10/h7-8H,3-6H2,1-2H3/t7-,8-,9+/m1/s1. The summed E-state index contributed by atoms with van der Waals surface area (Å²) in [6.45, 7) is 1.10. The van der Waals surface area contributed by atoms with Crippen LogP contribution in [0, 0.1) is 5.92 Å². The maximum absolute atomic E-state index is 6.37. The maximum atomic E-state index is 6.37. The Balaban J connectivity index is 2.27. The van der Waals surface area contributed by atoms with Crippen molar-refractivity contribution in [2.45, 2.75) is 30.4 Å². The van der Waals surface area contributed by atoms with Crippen molar-refractivity contribution in [1.82, 2.24) is 4.90 Å². The minimum atomic E-state index is -0.148. The van der Waals surface area contributed by atoms with Crippen LogP contribution in [0.2, 0.25) is 0 Å². The van der Waals surface area contributed by atoms with Crippen LogP contribution in [-0.2, 0) is 4.74 Å². The molecule has 0 unspecified atom stereocenters. The average molecular weight is 190 g/mol. The summed E-state index contributed by atoms with van der Waals surface area (Å²) in [7, 11) is 3.89. The summed E-state index contributed by atoms with van der Waals surface area (Å²) in [6.07, 6.45) is 3.61. The first kappa shape index (κ1) is 8.79. The second-order valence-corrected chi connectivity index (χ2v) is 4.45. The van der Waals surface area contributed by atoms with E-state index in [9.17, 15) is 0 Å². The number of fused-ring (bicyclic) bond motifs is 2. The number of likely N-dealkylation sites (tertiary alicyclic amines) is 1. The molecule has 2 fully saturated rings. The fourth-order valence-corrected chi connectivity index (χ4v) is 3.30. The molecular weight excluding hydrogens is 174 g/mol. The Morgan fingerprint density at radius 1 is 1.58 bits per heavy atom. The summed E-state index contributed by atoms with van der Waals surface area (Å²) in [4.78, 5) is 2.28. The molecule has 1 saturated carbocycles. The largest absolute Gasteiger partial charge is 0.362 e. The molecule has 2 aliphatic rings. The molecule has 1 saturated heterocycles. The lowest BCUT2D eigenvalue weighted by Crippen LogP contribution is -2.50. The quantitative estimate of drug-likeness (QED) is 0.582. The van der Waals surface area contributed by atoms with Gasteiger partial charge in [0.1, 0.15) is 5.72 Å². The summed E-state index contributed by atoms with van der Waals surface area (Å²) in [5.41, 5.74) is -0.148. The number of alkyl halides is 1. The summed E-state index contributed by atoms with van der Waals surface area (Å²) >= 11 is 6.37. The van der Waals surface area contributed by atoms with Gasteiger partial charge in [-0.15, -0.1) is 11.6 Å². The highest BCUT2D eigenvalue weighted by Gasteiger charge is 2.53. The summed E-state index contributed by atoms with van der Waals surface area (Å²) < 4.78 is 5.59. The number of hydrogen-bond donors (Lipinski definition) is 0. The van der Waals surface area contributed by atoms with Gasteiger partial charge in [-0.2, -0.15) is 0 Å². The van der Waals surface area contributed by atoms with Gasteiger partial charge in [-0.05, 0) is 32.2 Å². The van der Waals surface area contributed by atoms with Crippen LogP contribution in [0.4, 0.5) is 0 Å². The van der Waals surface area contributed by atoms with Crippen molar-refractivity contribution in [3.05, 3.63) is 0 Å². The number of ether oxygens (including phenoxy) is 1. The van der Waals surface area contributed by atoms with Crippen molar-refractivity contribution in [3.8, 4) is 0 Å². The Morgan fingerprint density at radius 2 is 2.33 bits per heavy atom. The van der Waals surface area contributed by atoms with E-state index in [1.165, 1.54) is 12.8 Å². The van der Waals surface area contributed by atoms with Crippen LogP contribution in [-0.4, -0.2) is 36.7 Å². The van der Waals surface area contributed by atoms with Crippen molar-refractivity contribution >= 4 is 11.6 Å². The molecule has 0 radical (unpaired) electrons. The Bertz CT molecular complexity index is 187. The fraction of sp³-hybridized carbons (Fsp3) is 1.00. The number of halogens is 1. The third-order valence-corrected chi connectivity index (χ3v) is 4.16. The van der Waals surface area contributed by atoms with E-state index in [2.05, 4.69) is 11.9 Å². The minimum absolute atomic E-state index is 0.148. The molecule has 0 spiro atoms. The highest BCUT2D eigenvalue weighted by molar-refractivity contribution is 6.21. The predicted octanol–water partition coefficient (Wildman–Crippen LogP) is 1.68. The Hall–Kier alpha value is 0.210. The molecule has 3 atom stereocenters. The van der Waals surface area contributed by atoms with Crippen molar-refractivity contribution in [2.24, 2.45) is 5.92 Å². The fourth-order valence-electron chi connectivity index (χ4n) is 2.73. The van der Waals surface area contributed by atoms with Crippen LogP contribution in [0.5, 0.6) is 0 Å². The molecule has 1 aliphatic carbocycles. The lowest BCUT2D eigenvalue weighted by molar-refractivity contribution is -0.109. The zero-order valence-electron chi connectivity index (χ0n) is 7.72. The van der Waals surface area contributed by atoms with Crippen LogP contribution in [0.3, 0.4) is 0 Å². The molecule has 2 nitrogen and oxygen atoms in total. The van der Waals surface area contributed by atoms with Crippen molar-refractivity contribution in [3.63, 3.8) is 0 Å². The molecule has 0 N–H and O–H groups in total. The topological polar surface area (TPSA) is 12.5 Å². The van der Waals surface area contributed by atoms with Crippen molar-refractivity contribution in [2.75, 3.05) is 20.7 Å². The van der Waals surface area contributed by atoms with Gasteiger partial charge in [-0.1, -0.05) is 0 Å². The molecule has 1 heterocycles. The van der Waals surface area contributed by atoms with Crippen LogP contribution >= 0.6 is 11.6 Å². The van der Waals surface area contributed by atoms with Crippen molar-refractivity contribution < 1.29 is 4.74 Å². The molecule has 12 heavy (non-hydrogen) atoms. The summed E-state index contributed by atoms with van der Waals surface area (Å²) in [5.74, 6) is 0.644. The predicted molar refractivity (Wildman–Crippen MR) is 49.4 cm³/mol. The third kappa shape index (κ3) is 0.949. The third-order valence-electron chi connectivity index (χ3n) is 3.46. The number of nitrogens with zero attached hydrogens (tertiary/aromatic N) is 1. The Kier molecular flexibility index (Phi) is 2.10. The van der Waals surface area contributed by atoms with Gasteiger partial charge < -0.3 is 4.74 Å². The zero-order chi connectivity index (χ0) is 8.77. The first-order chi connectivity index (χ1) is 5.70. The van der Waals surface area contributed by atoms with E-state index in [1.54, 1.807) is 7.11 Å². The van der Waals surface area contributed by atoms with Gasteiger partial charge in [-0.3, -0.25) is 4.90 Å². The van der Waals surface area contributed by atoms with Gasteiger partial charge in [0.15, 0.2) is 0 Å². The van der Waals surface area contributed by atoms with Gasteiger partial charge in [-0.25, -0.2) is 0 Å². The van der Waals surface area contributed by atoms with E-state index in [1.807, 2.05) is 0 Å². The molecule has 0 aromatic carbocycles. The Morgan fingerprint density at radius 3 is 2.92 bits per heavy atom. The maximum Gasteiger partial charge on any atom is 0.137 e.